The van der Waals surface area contributed by atoms with Gasteiger partial charge in [0, 0.05) is 11.1 Å². The van der Waals surface area contributed by atoms with E-state index in [0.29, 0.717) is 22.6 Å². The van der Waals surface area contributed by atoms with Gasteiger partial charge in [-0.1, -0.05) is 49.6 Å². The minimum Gasteiger partial charge on any atom is -0.496 e. The normalized spacial score (nSPS) is 12.4. The molecular formula is C21H22O5. The highest BCUT2D eigenvalue weighted by Gasteiger charge is 2.22. The molecule has 0 bridgehead atoms. The molecule has 0 aliphatic rings. The third kappa shape index (κ3) is 4.45. The summed E-state index contributed by atoms with van der Waals surface area (Å²) in [5.41, 5.74) is 1.35. The number of hydrogen-bond donors (Lipinski definition) is 0. The Kier molecular flexibility index (Phi) is 6.85. The molecule has 2 atom stereocenters. The Balaban J connectivity index is 2.15. The van der Waals surface area contributed by atoms with Crippen LogP contribution >= 0.6 is 0 Å². The first-order chi connectivity index (χ1) is 12.6. The summed E-state index contributed by atoms with van der Waals surface area (Å²) in [5.74, 6) is 1.19. The number of benzene rings is 2. The van der Waals surface area contributed by atoms with Crippen molar-refractivity contribution in [2.24, 2.45) is 0 Å². The highest BCUT2D eigenvalue weighted by molar-refractivity contribution is 5.62. The predicted octanol–water partition coefficient (Wildman–Crippen LogP) is 5.01. The smallest absolute Gasteiger partial charge is 0.496 e. The first kappa shape index (κ1) is 19.1. The molecule has 2 rings (SSSR count). The number of carbonyl (C=O) groups excluding carboxylic acids is 1. The van der Waals surface area contributed by atoms with Crippen LogP contribution in [0.3, 0.4) is 0 Å². The zero-order valence-corrected chi connectivity index (χ0v) is 14.9. The largest absolute Gasteiger partial charge is 0.510 e. The molecule has 0 saturated carbocycles. The van der Waals surface area contributed by atoms with Crippen molar-refractivity contribution < 1.29 is 23.7 Å². The molecule has 0 aliphatic carbocycles. The lowest BCUT2D eigenvalue weighted by Gasteiger charge is -2.20. The Labute approximate surface area is 153 Å². The lowest BCUT2D eigenvalue weighted by atomic mass is 10.1. The average Bonchev–Trinajstić information content (AvgIpc) is 2.70. The van der Waals surface area contributed by atoms with Gasteiger partial charge in [0.1, 0.15) is 11.5 Å². The molecule has 0 amide bonds. The van der Waals surface area contributed by atoms with Gasteiger partial charge in [-0.2, -0.15) is 0 Å². The number of para-hydroxylation sites is 2. The van der Waals surface area contributed by atoms with Gasteiger partial charge in [0.2, 0.25) is 0 Å². The Hall–Kier alpha value is -3.21. The van der Waals surface area contributed by atoms with E-state index in [9.17, 15) is 4.79 Å². The van der Waals surface area contributed by atoms with Gasteiger partial charge in [-0.25, -0.2) is 4.79 Å². The third-order valence-corrected chi connectivity index (χ3v) is 3.77. The summed E-state index contributed by atoms with van der Waals surface area (Å²) < 4.78 is 21.4. The minimum absolute atomic E-state index is 0.593. The minimum atomic E-state index is -0.850. The van der Waals surface area contributed by atoms with Crippen LogP contribution in [0.15, 0.2) is 73.8 Å². The molecule has 2 aromatic carbocycles. The van der Waals surface area contributed by atoms with E-state index >= 15 is 0 Å². The van der Waals surface area contributed by atoms with Crippen LogP contribution in [0.4, 0.5) is 4.79 Å². The summed E-state index contributed by atoms with van der Waals surface area (Å²) in [7, 11) is 3.10. The highest BCUT2D eigenvalue weighted by atomic mass is 16.7. The summed E-state index contributed by atoms with van der Waals surface area (Å²) in [5, 5.41) is 0. The number of rotatable bonds is 8. The molecule has 0 heterocycles. The molecule has 0 fully saturated rings. The van der Waals surface area contributed by atoms with Crippen LogP contribution in [0.25, 0.3) is 0 Å². The second kappa shape index (κ2) is 9.32. The lowest BCUT2D eigenvalue weighted by Crippen LogP contribution is -2.15. The highest BCUT2D eigenvalue weighted by Crippen LogP contribution is 2.31. The van der Waals surface area contributed by atoms with Crippen LogP contribution in [0, 0.1) is 0 Å². The SMILES string of the molecule is C=CC(OC(=O)OC(C=C)c1ccccc1OC)c1ccccc1OC. The van der Waals surface area contributed by atoms with E-state index in [1.165, 1.54) is 12.2 Å². The van der Waals surface area contributed by atoms with Crippen LogP contribution in [0.2, 0.25) is 0 Å². The molecule has 5 nitrogen and oxygen atoms in total. The van der Waals surface area contributed by atoms with Gasteiger partial charge in [-0.05, 0) is 24.3 Å². The maximum absolute atomic E-state index is 12.3. The molecular weight excluding hydrogens is 332 g/mol. The number of hydrogen-bond acceptors (Lipinski definition) is 5. The van der Waals surface area contributed by atoms with E-state index in [2.05, 4.69) is 13.2 Å². The van der Waals surface area contributed by atoms with Crippen molar-refractivity contribution in [1.82, 2.24) is 0 Å². The fourth-order valence-corrected chi connectivity index (χ4v) is 2.52. The number of ether oxygens (including phenoxy) is 4. The van der Waals surface area contributed by atoms with Gasteiger partial charge in [0.25, 0.3) is 0 Å². The van der Waals surface area contributed by atoms with Gasteiger partial charge < -0.3 is 18.9 Å². The standard InChI is InChI=1S/C21H22O5/c1-5-17(15-11-7-9-13-19(15)23-3)25-21(22)26-18(6-2)16-12-8-10-14-20(16)24-4/h5-14,17-18H,1-2H2,3-4H3. The van der Waals surface area contributed by atoms with Gasteiger partial charge >= 0.3 is 6.16 Å². The van der Waals surface area contributed by atoms with Crippen molar-refractivity contribution >= 4 is 6.16 Å². The molecule has 0 aromatic heterocycles. The topological polar surface area (TPSA) is 54.0 Å². The molecule has 5 heteroatoms. The molecule has 2 aromatic rings. The van der Waals surface area contributed by atoms with E-state index in [1.807, 2.05) is 24.3 Å². The summed E-state index contributed by atoms with van der Waals surface area (Å²) in [4.78, 5) is 12.3. The molecule has 0 spiro atoms. The van der Waals surface area contributed by atoms with Crippen molar-refractivity contribution in [2.45, 2.75) is 12.2 Å². The lowest BCUT2D eigenvalue weighted by molar-refractivity contribution is 0.0195. The van der Waals surface area contributed by atoms with Crippen LogP contribution in [0.1, 0.15) is 23.3 Å². The summed E-state index contributed by atoms with van der Waals surface area (Å²) in [6.07, 6.45) is 0.746. The zero-order valence-electron chi connectivity index (χ0n) is 14.9. The van der Waals surface area contributed by atoms with Crippen molar-refractivity contribution in [2.75, 3.05) is 14.2 Å². The predicted molar refractivity (Wildman–Crippen MR) is 99.4 cm³/mol. The number of carbonyl (C=O) groups is 1. The van der Waals surface area contributed by atoms with E-state index in [4.69, 9.17) is 18.9 Å². The van der Waals surface area contributed by atoms with E-state index in [-0.39, 0.29) is 0 Å². The van der Waals surface area contributed by atoms with Gasteiger partial charge in [0.15, 0.2) is 12.2 Å². The summed E-state index contributed by atoms with van der Waals surface area (Å²) in [6.45, 7) is 7.44. The molecule has 136 valence electrons. The fourth-order valence-electron chi connectivity index (χ4n) is 2.52. The van der Waals surface area contributed by atoms with Crippen LogP contribution in [-0.4, -0.2) is 20.4 Å². The maximum atomic E-state index is 12.3. The van der Waals surface area contributed by atoms with Crippen molar-refractivity contribution in [3.05, 3.63) is 85.0 Å². The maximum Gasteiger partial charge on any atom is 0.510 e. The second-order valence-electron chi connectivity index (χ2n) is 5.28. The van der Waals surface area contributed by atoms with Crippen LogP contribution in [0.5, 0.6) is 11.5 Å². The molecule has 26 heavy (non-hydrogen) atoms. The second-order valence-corrected chi connectivity index (χ2v) is 5.28. The summed E-state index contributed by atoms with van der Waals surface area (Å²) >= 11 is 0. The summed E-state index contributed by atoms with van der Waals surface area (Å²) in [6, 6.07) is 14.5. The van der Waals surface area contributed by atoms with Gasteiger partial charge in [0.05, 0.1) is 14.2 Å². The monoisotopic (exact) mass is 354 g/mol. The molecule has 2 unspecified atom stereocenters. The van der Waals surface area contributed by atoms with E-state index < -0.39 is 18.4 Å². The van der Waals surface area contributed by atoms with Crippen molar-refractivity contribution in [3.63, 3.8) is 0 Å². The van der Waals surface area contributed by atoms with Crippen LogP contribution < -0.4 is 9.47 Å². The average molecular weight is 354 g/mol. The Morgan fingerprint density at radius 3 is 1.54 bits per heavy atom. The molecule has 0 saturated heterocycles. The van der Waals surface area contributed by atoms with Gasteiger partial charge in [-0.3, -0.25) is 0 Å². The third-order valence-electron chi connectivity index (χ3n) is 3.77. The van der Waals surface area contributed by atoms with Crippen LogP contribution in [-0.2, 0) is 9.47 Å². The van der Waals surface area contributed by atoms with Crippen molar-refractivity contribution in [3.8, 4) is 11.5 Å². The van der Waals surface area contributed by atoms with E-state index in [0.717, 1.165) is 0 Å². The molecule has 0 radical (unpaired) electrons. The quantitative estimate of drug-likeness (QED) is 0.492. The van der Waals surface area contributed by atoms with Crippen molar-refractivity contribution in [1.29, 1.82) is 0 Å². The first-order valence-corrected chi connectivity index (χ1v) is 8.02. The fraction of sp³-hybridized carbons (Fsp3) is 0.190. The zero-order chi connectivity index (χ0) is 18.9. The van der Waals surface area contributed by atoms with Gasteiger partial charge in [-0.15, -0.1) is 0 Å². The van der Waals surface area contributed by atoms with E-state index in [1.54, 1.807) is 38.5 Å². The first-order valence-electron chi connectivity index (χ1n) is 8.02. The Morgan fingerprint density at radius 2 is 1.19 bits per heavy atom. The Morgan fingerprint density at radius 1 is 0.808 bits per heavy atom. The number of methoxy groups -OCH3 is 2. The Bertz CT molecular complexity index is 705. The molecule has 0 aliphatic heterocycles. The molecule has 0 N–H and O–H groups in total.